The van der Waals surface area contributed by atoms with Crippen LogP contribution in [0.5, 0.6) is 0 Å². The van der Waals surface area contributed by atoms with Crippen molar-refractivity contribution < 1.29 is 4.79 Å². The van der Waals surface area contributed by atoms with Crippen LogP contribution in [0.3, 0.4) is 0 Å². The first-order chi connectivity index (χ1) is 12.6. The molecule has 0 aliphatic heterocycles. The largest absolute Gasteiger partial charge is 0.349 e. The molecular weight excluding hydrogens is 360 g/mol. The van der Waals surface area contributed by atoms with E-state index in [1.54, 1.807) is 23.1 Å². The Bertz CT molecular complexity index is 844. The summed E-state index contributed by atoms with van der Waals surface area (Å²) in [5.41, 5.74) is 4.49. The molecule has 0 radical (unpaired) electrons. The van der Waals surface area contributed by atoms with Crippen LogP contribution in [0.4, 0.5) is 0 Å². The van der Waals surface area contributed by atoms with Crippen molar-refractivity contribution in [3.8, 4) is 0 Å². The molecule has 1 heterocycles. The molecule has 134 valence electrons. The van der Waals surface area contributed by atoms with Crippen molar-refractivity contribution in [3.05, 3.63) is 82.4 Å². The van der Waals surface area contributed by atoms with Gasteiger partial charge in [0.1, 0.15) is 4.34 Å². The predicted molar refractivity (Wildman–Crippen MR) is 110 cm³/mol. The lowest BCUT2D eigenvalue weighted by atomic mass is 10.1. The Balaban J connectivity index is 1.49. The van der Waals surface area contributed by atoms with E-state index in [9.17, 15) is 4.79 Å². The van der Waals surface area contributed by atoms with Crippen molar-refractivity contribution in [2.75, 3.05) is 0 Å². The van der Waals surface area contributed by atoms with Gasteiger partial charge in [0.25, 0.3) is 0 Å². The number of thioether (sulfide) groups is 1. The van der Waals surface area contributed by atoms with Gasteiger partial charge in [-0.2, -0.15) is 0 Å². The Hall–Kier alpha value is -2.11. The monoisotopic (exact) mass is 382 g/mol. The summed E-state index contributed by atoms with van der Waals surface area (Å²) in [4.78, 5) is 16.8. The highest BCUT2D eigenvalue weighted by Gasteiger charge is 2.12. The van der Waals surface area contributed by atoms with Crippen LogP contribution in [0.1, 0.15) is 35.3 Å². The van der Waals surface area contributed by atoms with Crippen LogP contribution in [0.15, 0.2) is 64.3 Å². The van der Waals surface area contributed by atoms with Gasteiger partial charge in [0.2, 0.25) is 5.91 Å². The molecule has 3 nitrogen and oxygen atoms in total. The summed E-state index contributed by atoms with van der Waals surface area (Å²) in [6.45, 7) is 4.09. The zero-order valence-corrected chi connectivity index (χ0v) is 16.6. The van der Waals surface area contributed by atoms with Crippen molar-refractivity contribution >= 4 is 29.0 Å². The number of nitrogens with one attached hydrogen (secondary N) is 1. The summed E-state index contributed by atoms with van der Waals surface area (Å²) in [6, 6.07) is 18.5. The Morgan fingerprint density at radius 2 is 1.88 bits per heavy atom. The number of aryl methyl sites for hydroxylation is 1. The van der Waals surface area contributed by atoms with E-state index in [4.69, 9.17) is 0 Å². The van der Waals surface area contributed by atoms with E-state index < -0.39 is 0 Å². The van der Waals surface area contributed by atoms with Crippen molar-refractivity contribution in [2.24, 2.45) is 0 Å². The Morgan fingerprint density at radius 3 is 2.62 bits per heavy atom. The number of rotatable bonds is 7. The highest BCUT2D eigenvalue weighted by molar-refractivity contribution is 8.00. The van der Waals surface area contributed by atoms with Gasteiger partial charge in [0.15, 0.2) is 0 Å². The third-order valence-electron chi connectivity index (χ3n) is 4.03. The van der Waals surface area contributed by atoms with Gasteiger partial charge in [0, 0.05) is 11.1 Å². The number of hydrogen-bond acceptors (Lipinski definition) is 4. The molecular formula is C21H22N2OS2. The molecule has 1 aromatic heterocycles. The van der Waals surface area contributed by atoms with E-state index in [1.165, 1.54) is 11.1 Å². The number of hydrogen-bond donors (Lipinski definition) is 1. The third-order valence-corrected chi connectivity index (χ3v) is 6.17. The van der Waals surface area contributed by atoms with Crippen LogP contribution in [0.25, 0.3) is 0 Å². The van der Waals surface area contributed by atoms with E-state index in [1.807, 2.05) is 42.6 Å². The van der Waals surface area contributed by atoms with E-state index in [0.29, 0.717) is 6.42 Å². The molecule has 0 saturated carbocycles. The molecule has 5 heteroatoms. The topological polar surface area (TPSA) is 42.0 Å². The van der Waals surface area contributed by atoms with E-state index >= 15 is 0 Å². The van der Waals surface area contributed by atoms with E-state index in [0.717, 1.165) is 21.3 Å². The normalized spacial score (nSPS) is 11.9. The lowest BCUT2D eigenvalue weighted by Crippen LogP contribution is -2.28. The minimum absolute atomic E-state index is 0.00161. The van der Waals surface area contributed by atoms with Crippen LogP contribution in [-0.4, -0.2) is 10.9 Å². The minimum atomic E-state index is -0.00211. The number of carbonyl (C=O) groups excluding carboxylic acids is 1. The van der Waals surface area contributed by atoms with Crippen molar-refractivity contribution in [1.29, 1.82) is 0 Å². The van der Waals surface area contributed by atoms with Crippen LogP contribution in [0, 0.1) is 6.92 Å². The molecule has 1 N–H and O–H groups in total. The average Bonchev–Trinajstić information content (AvgIpc) is 3.09. The lowest BCUT2D eigenvalue weighted by molar-refractivity contribution is -0.121. The highest BCUT2D eigenvalue weighted by atomic mass is 32.2. The quantitative estimate of drug-likeness (QED) is 0.574. The fraction of sp³-hybridized carbons (Fsp3) is 0.238. The maximum atomic E-state index is 12.3. The standard InChI is InChI=1S/C21H22N2OS2/c1-15-8-10-17(11-9-15)13-25-21-23-19(14-26-21)12-20(24)22-16(2)18-6-4-3-5-7-18/h3-11,14,16H,12-13H2,1-2H3,(H,22,24). The zero-order chi connectivity index (χ0) is 18.4. The molecule has 0 spiro atoms. The van der Waals surface area contributed by atoms with Gasteiger partial charge in [-0.15, -0.1) is 11.3 Å². The molecule has 2 aromatic carbocycles. The van der Waals surface area contributed by atoms with Crippen molar-refractivity contribution in [1.82, 2.24) is 10.3 Å². The summed E-state index contributed by atoms with van der Waals surface area (Å²) in [5, 5.41) is 5.01. The molecule has 3 rings (SSSR count). The van der Waals surface area contributed by atoms with Crippen LogP contribution in [0.2, 0.25) is 0 Å². The second-order valence-electron chi connectivity index (χ2n) is 6.26. The van der Waals surface area contributed by atoms with Gasteiger partial charge in [-0.3, -0.25) is 4.79 Å². The molecule has 1 unspecified atom stereocenters. The molecule has 0 bridgehead atoms. The molecule has 1 amide bonds. The SMILES string of the molecule is Cc1ccc(CSc2nc(CC(=O)NC(C)c3ccccc3)cs2)cc1. The molecule has 0 saturated heterocycles. The molecule has 0 aliphatic carbocycles. The molecule has 0 aliphatic rings. The zero-order valence-electron chi connectivity index (χ0n) is 14.9. The minimum Gasteiger partial charge on any atom is -0.349 e. The number of aromatic nitrogens is 1. The average molecular weight is 383 g/mol. The van der Waals surface area contributed by atoms with E-state index in [-0.39, 0.29) is 11.9 Å². The summed E-state index contributed by atoms with van der Waals surface area (Å²) < 4.78 is 1.00. The molecule has 1 atom stereocenters. The first kappa shape index (κ1) is 18.7. The number of benzene rings is 2. The van der Waals surface area contributed by atoms with Gasteiger partial charge in [-0.1, -0.05) is 71.9 Å². The van der Waals surface area contributed by atoms with Crippen LogP contribution in [-0.2, 0) is 17.0 Å². The third kappa shape index (κ3) is 5.44. The summed E-state index contributed by atoms with van der Waals surface area (Å²) in [7, 11) is 0. The Morgan fingerprint density at radius 1 is 1.15 bits per heavy atom. The van der Waals surface area contributed by atoms with Crippen LogP contribution < -0.4 is 5.32 Å². The molecule has 26 heavy (non-hydrogen) atoms. The van der Waals surface area contributed by atoms with Gasteiger partial charge in [0.05, 0.1) is 18.2 Å². The highest BCUT2D eigenvalue weighted by Crippen LogP contribution is 2.26. The van der Waals surface area contributed by atoms with Crippen molar-refractivity contribution in [2.45, 2.75) is 36.4 Å². The Labute approximate surface area is 162 Å². The molecule has 0 fully saturated rings. The summed E-state index contributed by atoms with van der Waals surface area (Å²) in [6.07, 6.45) is 0.318. The first-order valence-corrected chi connectivity index (χ1v) is 10.4. The fourth-order valence-corrected chi connectivity index (χ4v) is 4.35. The van der Waals surface area contributed by atoms with Gasteiger partial charge in [-0.05, 0) is 25.0 Å². The number of thiazole rings is 1. The number of carbonyl (C=O) groups is 1. The maximum absolute atomic E-state index is 12.3. The fourth-order valence-electron chi connectivity index (χ4n) is 2.55. The number of nitrogens with zero attached hydrogens (tertiary/aromatic N) is 1. The second-order valence-corrected chi connectivity index (χ2v) is 8.34. The van der Waals surface area contributed by atoms with Gasteiger partial charge >= 0.3 is 0 Å². The van der Waals surface area contributed by atoms with Gasteiger partial charge < -0.3 is 5.32 Å². The number of amides is 1. The summed E-state index contributed by atoms with van der Waals surface area (Å²) in [5.74, 6) is 0.895. The summed E-state index contributed by atoms with van der Waals surface area (Å²) >= 11 is 3.31. The molecule has 3 aromatic rings. The smallest absolute Gasteiger partial charge is 0.226 e. The predicted octanol–water partition coefficient (Wildman–Crippen LogP) is 5.16. The second kappa shape index (κ2) is 9.01. The maximum Gasteiger partial charge on any atom is 0.226 e. The Kier molecular flexibility index (Phi) is 6.47. The first-order valence-electron chi connectivity index (χ1n) is 8.57. The van der Waals surface area contributed by atoms with Gasteiger partial charge in [-0.25, -0.2) is 4.98 Å². The van der Waals surface area contributed by atoms with E-state index in [2.05, 4.69) is 41.5 Å². The van der Waals surface area contributed by atoms with Crippen LogP contribution >= 0.6 is 23.1 Å². The lowest BCUT2D eigenvalue weighted by Gasteiger charge is -2.13. The van der Waals surface area contributed by atoms with Crippen molar-refractivity contribution in [3.63, 3.8) is 0 Å².